The highest BCUT2D eigenvalue weighted by atomic mass is 16.3. The van der Waals surface area contributed by atoms with Gasteiger partial charge in [-0.1, -0.05) is 32.6 Å². The van der Waals surface area contributed by atoms with Gasteiger partial charge in [0.25, 0.3) is 5.56 Å². The fourth-order valence-electron chi connectivity index (χ4n) is 1.64. The van der Waals surface area contributed by atoms with Crippen LogP contribution >= 0.6 is 0 Å². The molecule has 1 heterocycles. The average molecular weight is 254 g/mol. The molecule has 1 aromatic rings. The van der Waals surface area contributed by atoms with Crippen LogP contribution in [0.4, 0.5) is 11.5 Å². The largest absolute Gasteiger partial charge is 0.369 e. The summed E-state index contributed by atoms with van der Waals surface area (Å²) in [4.78, 5) is 37.1. The van der Waals surface area contributed by atoms with Crippen molar-refractivity contribution in [2.45, 2.75) is 39.0 Å². The molecular formula is C11H18N4O3. The Morgan fingerprint density at radius 1 is 1.11 bits per heavy atom. The number of nitrogens with zero attached hydrogens (tertiary/aromatic N) is 1. The Morgan fingerprint density at radius 3 is 2.50 bits per heavy atom. The number of anilines is 1. The first-order valence-electron chi connectivity index (χ1n) is 6.13. The summed E-state index contributed by atoms with van der Waals surface area (Å²) in [7, 11) is 0. The number of nitroso groups, excluding NO2 is 1. The number of H-pyrrole nitrogens is 2. The van der Waals surface area contributed by atoms with Crippen molar-refractivity contribution in [3.05, 3.63) is 25.7 Å². The van der Waals surface area contributed by atoms with E-state index in [4.69, 9.17) is 0 Å². The number of unbranched alkanes of at least 4 members (excludes halogenated alkanes) is 4. The summed E-state index contributed by atoms with van der Waals surface area (Å²) in [5, 5.41) is 5.47. The fraction of sp³-hybridized carbons (Fsp3) is 0.636. The molecule has 0 aliphatic heterocycles. The smallest absolute Gasteiger partial charge is 0.327 e. The Kier molecular flexibility index (Phi) is 5.83. The van der Waals surface area contributed by atoms with Crippen molar-refractivity contribution in [3.63, 3.8) is 0 Å². The predicted molar refractivity (Wildman–Crippen MR) is 70.4 cm³/mol. The van der Waals surface area contributed by atoms with Crippen LogP contribution in [-0.4, -0.2) is 16.5 Å². The van der Waals surface area contributed by atoms with E-state index in [1.54, 1.807) is 0 Å². The topological polar surface area (TPSA) is 107 Å². The summed E-state index contributed by atoms with van der Waals surface area (Å²) in [5.74, 6) is 0.0919. The zero-order valence-electron chi connectivity index (χ0n) is 10.4. The van der Waals surface area contributed by atoms with Crippen molar-refractivity contribution in [2.24, 2.45) is 5.18 Å². The van der Waals surface area contributed by atoms with Crippen LogP contribution < -0.4 is 16.6 Å². The summed E-state index contributed by atoms with van der Waals surface area (Å²) >= 11 is 0. The van der Waals surface area contributed by atoms with Crippen molar-refractivity contribution < 1.29 is 0 Å². The zero-order chi connectivity index (χ0) is 13.4. The molecule has 3 N–H and O–H groups in total. The molecule has 0 unspecified atom stereocenters. The SMILES string of the molecule is CCCCCCCNc1[nH]c(=O)[nH]c(=O)c1N=O. The van der Waals surface area contributed by atoms with Gasteiger partial charge in [-0.2, -0.15) is 0 Å². The quantitative estimate of drug-likeness (QED) is 0.486. The molecule has 1 aromatic heterocycles. The Balaban J connectivity index is 2.54. The van der Waals surface area contributed by atoms with Gasteiger partial charge in [0.2, 0.25) is 5.69 Å². The second-order valence-corrected chi connectivity index (χ2v) is 4.06. The van der Waals surface area contributed by atoms with Gasteiger partial charge in [0.1, 0.15) is 5.82 Å². The van der Waals surface area contributed by atoms with Crippen LogP contribution in [0.2, 0.25) is 0 Å². The van der Waals surface area contributed by atoms with E-state index in [1.165, 1.54) is 12.8 Å². The third kappa shape index (κ3) is 4.15. The van der Waals surface area contributed by atoms with E-state index in [-0.39, 0.29) is 11.5 Å². The van der Waals surface area contributed by atoms with Crippen LogP contribution in [0.1, 0.15) is 39.0 Å². The molecular weight excluding hydrogens is 236 g/mol. The Bertz CT molecular complexity index is 492. The van der Waals surface area contributed by atoms with Gasteiger partial charge in [0, 0.05) is 6.54 Å². The second kappa shape index (κ2) is 7.41. The Morgan fingerprint density at radius 2 is 1.83 bits per heavy atom. The highest BCUT2D eigenvalue weighted by Gasteiger charge is 2.08. The lowest BCUT2D eigenvalue weighted by Crippen LogP contribution is -2.24. The fourth-order valence-corrected chi connectivity index (χ4v) is 1.64. The Labute approximate surface area is 104 Å². The molecule has 0 amide bonds. The van der Waals surface area contributed by atoms with E-state index in [0.717, 1.165) is 19.3 Å². The lowest BCUT2D eigenvalue weighted by Gasteiger charge is -2.06. The molecule has 0 fully saturated rings. The summed E-state index contributed by atoms with van der Waals surface area (Å²) in [6, 6.07) is 0. The van der Waals surface area contributed by atoms with Crippen LogP contribution in [0, 0.1) is 4.91 Å². The van der Waals surface area contributed by atoms with Crippen LogP contribution in [-0.2, 0) is 0 Å². The number of nitrogens with one attached hydrogen (secondary N) is 3. The van der Waals surface area contributed by atoms with E-state index < -0.39 is 11.2 Å². The van der Waals surface area contributed by atoms with Gasteiger partial charge in [-0.25, -0.2) is 4.79 Å². The summed E-state index contributed by atoms with van der Waals surface area (Å²) in [6.07, 6.45) is 5.51. The molecule has 0 aliphatic carbocycles. The van der Waals surface area contributed by atoms with Gasteiger partial charge >= 0.3 is 5.69 Å². The van der Waals surface area contributed by atoms with Crippen LogP contribution in [0.3, 0.4) is 0 Å². The number of aromatic nitrogens is 2. The van der Waals surface area contributed by atoms with E-state index in [1.807, 2.05) is 4.98 Å². The highest BCUT2D eigenvalue weighted by Crippen LogP contribution is 2.14. The molecule has 18 heavy (non-hydrogen) atoms. The standard InChI is InChI=1S/C11H18N4O3/c1-2-3-4-5-6-7-12-9-8(15-18)10(16)14-11(17)13-9/h2-7H2,1H3,(H3,12,13,14,16,17). The molecule has 0 aliphatic rings. The molecule has 100 valence electrons. The molecule has 1 rings (SSSR count). The molecule has 0 bridgehead atoms. The molecule has 0 atom stereocenters. The molecule has 0 saturated heterocycles. The monoisotopic (exact) mass is 254 g/mol. The van der Waals surface area contributed by atoms with E-state index in [0.29, 0.717) is 6.54 Å². The van der Waals surface area contributed by atoms with E-state index in [2.05, 4.69) is 22.4 Å². The van der Waals surface area contributed by atoms with Crippen molar-refractivity contribution >= 4 is 11.5 Å². The maximum Gasteiger partial charge on any atom is 0.327 e. The normalized spacial score (nSPS) is 10.3. The van der Waals surface area contributed by atoms with Gasteiger partial charge in [0.15, 0.2) is 0 Å². The lowest BCUT2D eigenvalue weighted by atomic mass is 10.1. The molecule has 0 spiro atoms. The minimum Gasteiger partial charge on any atom is -0.369 e. The summed E-state index contributed by atoms with van der Waals surface area (Å²) < 4.78 is 0. The van der Waals surface area contributed by atoms with Crippen molar-refractivity contribution in [2.75, 3.05) is 11.9 Å². The number of rotatable bonds is 8. The predicted octanol–water partition coefficient (Wildman–Crippen LogP) is 1.84. The third-order valence-corrected chi connectivity index (χ3v) is 2.59. The zero-order valence-corrected chi connectivity index (χ0v) is 10.4. The van der Waals surface area contributed by atoms with Gasteiger partial charge in [-0.05, 0) is 11.6 Å². The van der Waals surface area contributed by atoms with Crippen molar-refractivity contribution in [3.8, 4) is 0 Å². The third-order valence-electron chi connectivity index (χ3n) is 2.59. The molecule has 0 saturated carbocycles. The second-order valence-electron chi connectivity index (χ2n) is 4.06. The van der Waals surface area contributed by atoms with Crippen LogP contribution in [0.25, 0.3) is 0 Å². The molecule has 0 radical (unpaired) electrons. The first kappa shape index (κ1) is 14.1. The van der Waals surface area contributed by atoms with Gasteiger partial charge in [-0.15, -0.1) is 4.91 Å². The molecule has 7 nitrogen and oxygen atoms in total. The first-order valence-corrected chi connectivity index (χ1v) is 6.13. The minimum atomic E-state index is -0.776. The van der Waals surface area contributed by atoms with Gasteiger partial charge < -0.3 is 5.32 Å². The van der Waals surface area contributed by atoms with E-state index in [9.17, 15) is 14.5 Å². The van der Waals surface area contributed by atoms with Crippen LogP contribution in [0.5, 0.6) is 0 Å². The van der Waals surface area contributed by atoms with E-state index >= 15 is 0 Å². The minimum absolute atomic E-state index is 0.0919. The maximum absolute atomic E-state index is 11.3. The summed E-state index contributed by atoms with van der Waals surface area (Å²) in [6.45, 7) is 2.73. The number of hydrogen-bond donors (Lipinski definition) is 3. The maximum atomic E-state index is 11.3. The Hall–Kier alpha value is -1.92. The highest BCUT2D eigenvalue weighted by molar-refractivity contribution is 5.57. The molecule has 0 aromatic carbocycles. The first-order chi connectivity index (χ1) is 8.69. The number of hydrogen-bond acceptors (Lipinski definition) is 5. The summed E-state index contributed by atoms with van der Waals surface area (Å²) in [5.41, 5.74) is -1.74. The number of aromatic amines is 2. The average Bonchev–Trinajstić information content (AvgIpc) is 2.33. The molecule has 7 heteroatoms. The van der Waals surface area contributed by atoms with Crippen molar-refractivity contribution in [1.82, 2.24) is 9.97 Å². The van der Waals surface area contributed by atoms with Gasteiger partial charge in [-0.3, -0.25) is 14.8 Å². The van der Waals surface area contributed by atoms with Gasteiger partial charge in [0.05, 0.1) is 0 Å². The van der Waals surface area contributed by atoms with Crippen LogP contribution in [0.15, 0.2) is 14.8 Å². The lowest BCUT2D eigenvalue weighted by molar-refractivity contribution is 0.644. The van der Waals surface area contributed by atoms with Crippen molar-refractivity contribution in [1.29, 1.82) is 0 Å².